The SMILES string of the molecule is CN=C(NCCc1nnc2ccccn12)NC(C)c1cc(OC)ccc1OC. The number of hydrogen-bond acceptors (Lipinski definition) is 5. The van der Waals surface area contributed by atoms with Crippen molar-refractivity contribution < 1.29 is 9.47 Å². The third-order valence-electron chi connectivity index (χ3n) is 4.51. The van der Waals surface area contributed by atoms with Crippen molar-refractivity contribution in [2.75, 3.05) is 27.8 Å². The summed E-state index contributed by atoms with van der Waals surface area (Å²) in [5.74, 6) is 3.18. The van der Waals surface area contributed by atoms with Crippen molar-refractivity contribution in [3.05, 3.63) is 54.0 Å². The molecule has 0 spiro atoms. The maximum atomic E-state index is 5.48. The van der Waals surface area contributed by atoms with Gasteiger partial charge < -0.3 is 20.1 Å². The largest absolute Gasteiger partial charge is 0.497 e. The molecule has 0 bridgehead atoms. The zero-order chi connectivity index (χ0) is 19.9. The van der Waals surface area contributed by atoms with E-state index >= 15 is 0 Å². The predicted octanol–water partition coefficient (Wildman–Crippen LogP) is 2.22. The topological polar surface area (TPSA) is 85.1 Å². The first-order valence-electron chi connectivity index (χ1n) is 9.14. The average Bonchev–Trinajstić information content (AvgIpc) is 3.15. The van der Waals surface area contributed by atoms with Crippen LogP contribution in [0.4, 0.5) is 0 Å². The molecule has 0 fully saturated rings. The van der Waals surface area contributed by atoms with E-state index in [0.717, 1.165) is 35.0 Å². The molecule has 0 aliphatic heterocycles. The fourth-order valence-corrected chi connectivity index (χ4v) is 3.01. The van der Waals surface area contributed by atoms with E-state index in [1.807, 2.05) is 47.0 Å². The van der Waals surface area contributed by atoms with Crippen LogP contribution in [-0.4, -0.2) is 48.4 Å². The Morgan fingerprint density at radius 3 is 2.79 bits per heavy atom. The Kier molecular flexibility index (Phi) is 6.31. The zero-order valence-corrected chi connectivity index (χ0v) is 16.6. The van der Waals surface area contributed by atoms with Crippen LogP contribution < -0.4 is 20.1 Å². The summed E-state index contributed by atoms with van der Waals surface area (Å²) in [7, 11) is 5.06. The Bertz CT molecular complexity index is 953. The first-order valence-corrected chi connectivity index (χ1v) is 9.14. The Labute approximate surface area is 164 Å². The number of hydrogen-bond donors (Lipinski definition) is 2. The number of benzene rings is 1. The first-order chi connectivity index (χ1) is 13.7. The van der Waals surface area contributed by atoms with E-state index in [2.05, 4.69) is 32.7 Å². The Balaban J connectivity index is 1.61. The van der Waals surface area contributed by atoms with Crippen LogP contribution >= 0.6 is 0 Å². The molecule has 3 rings (SSSR count). The third kappa shape index (κ3) is 4.33. The molecule has 148 valence electrons. The summed E-state index contributed by atoms with van der Waals surface area (Å²) in [6.45, 7) is 2.73. The lowest BCUT2D eigenvalue weighted by atomic mass is 10.1. The molecule has 2 N–H and O–H groups in total. The summed E-state index contributed by atoms with van der Waals surface area (Å²) in [4.78, 5) is 4.31. The first kappa shape index (κ1) is 19.5. The maximum absolute atomic E-state index is 5.48. The zero-order valence-electron chi connectivity index (χ0n) is 16.6. The summed E-state index contributed by atoms with van der Waals surface area (Å²) in [6, 6.07) is 11.6. The highest BCUT2D eigenvalue weighted by Gasteiger charge is 2.14. The van der Waals surface area contributed by atoms with Crippen molar-refractivity contribution >= 4 is 11.6 Å². The van der Waals surface area contributed by atoms with Crippen LogP contribution in [0.2, 0.25) is 0 Å². The lowest BCUT2D eigenvalue weighted by Gasteiger charge is -2.20. The van der Waals surface area contributed by atoms with Gasteiger partial charge in [0, 0.05) is 31.8 Å². The van der Waals surface area contributed by atoms with Crippen LogP contribution in [0.5, 0.6) is 11.5 Å². The second-order valence-corrected chi connectivity index (χ2v) is 6.27. The summed E-state index contributed by atoms with van der Waals surface area (Å²) in [5.41, 5.74) is 1.84. The number of fused-ring (bicyclic) bond motifs is 1. The molecule has 0 saturated heterocycles. The van der Waals surface area contributed by atoms with E-state index in [0.29, 0.717) is 12.5 Å². The molecule has 8 nitrogen and oxygen atoms in total. The normalized spacial score (nSPS) is 12.6. The van der Waals surface area contributed by atoms with Crippen molar-refractivity contribution in [1.29, 1.82) is 0 Å². The Morgan fingerprint density at radius 2 is 2.04 bits per heavy atom. The molecule has 2 heterocycles. The number of nitrogens with zero attached hydrogens (tertiary/aromatic N) is 4. The van der Waals surface area contributed by atoms with Gasteiger partial charge in [-0.15, -0.1) is 10.2 Å². The van der Waals surface area contributed by atoms with Gasteiger partial charge in [0.25, 0.3) is 0 Å². The van der Waals surface area contributed by atoms with Gasteiger partial charge in [0.05, 0.1) is 20.3 Å². The van der Waals surface area contributed by atoms with E-state index in [4.69, 9.17) is 9.47 Å². The fraction of sp³-hybridized carbons (Fsp3) is 0.350. The molecule has 1 aromatic carbocycles. The second kappa shape index (κ2) is 9.07. The quantitative estimate of drug-likeness (QED) is 0.481. The van der Waals surface area contributed by atoms with E-state index in [1.165, 1.54) is 0 Å². The lowest BCUT2D eigenvalue weighted by molar-refractivity contribution is 0.394. The Hall–Kier alpha value is -3.29. The van der Waals surface area contributed by atoms with Crippen LogP contribution in [0.1, 0.15) is 24.4 Å². The summed E-state index contributed by atoms with van der Waals surface area (Å²) in [6.07, 6.45) is 2.69. The minimum absolute atomic E-state index is 0.0230. The van der Waals surface area contributed by atoms with E-state index in [1.54, 1.807) is 21.3 Å². The molecule has 0 radical (unpaired) electrons. The number of rotatable bonds is 7. The number of nitrogens with one attached hydrogen (secondary N) is 2. The second-order valence-electron chi connectivity index (χ2n) is 6.27. The number of guanidine groups is 1. The maximum Gasteiger partial charge on any atom is 0.191 e. The molecule has 0 aliphatic carbocycles. The standard InChI is InChI=1S/C20H26N6O2/c1-14(16-13-15(27-3)8-9-17(16)28-4)23-20(21-2)22-11-10-19-25-24-18-7-5-6-12-26(18)19/h5-9,12-14H,10-11H2,1-4H3,(H2,21,22,23). The minimum Gasteiger partial charge on any atom is -0.497 e. The number of aliphatic imine (C=N–C) groups is 1. The molecular weight excluding hydrogens is 356 g/mol. The number of methoxy groups -OCH3 is 2. The third-order valence-corrected chi connectivity index (χ3v) is 4.51. The van der Waals surface area contributed by atoms with Crippen molar-refractivity contribution in [1.82, 2.24) is 25.2 Å². The molecule has 0 amide bonds. The van der Waals surface area contributed by atoms with Crippen LogP contribution in [-0.2, 0) is 6.42 Å². The summed E-state index contributed by atoms with van der Waals surface area (Å²) >= 11 is 0. The molecule has 0 aliphatic rings. The fourth-order valence-electron chi connectivity index (χ4n) is 3.01. The van der Waals surface area contributed by atoms with Crippen LogP contribution in [0, 0.1) is 0 Å². The monoisotopic (exact) mass is 382 g/mol. The number of aromatic nitrogens is 3. The van der Waals surface area contributed by atoms with Gasteiger partial charge >= 0.3 is 0 Å². The molecule has 8 heteroatoms. The summed E-state index contributed by atoms with van der Waals surface area (Å²) in [5, 5.41) is 15.1. The van der Waals surface area contributed by atoms with Gasteiger partial charge in [0.15, 0.2) is 11.6 Å². The number of ether oxygens (including phenoxy) is 2. The van der Waals surface area contributed by atoms with Gasteiger partial charge in [0.1, 0.15) is 17.3 Å². The highest BCUT2D eigenvalue weighted by Crippen LogP contribution is 2.29. The Morgan fingerprint density at radius 1 is 1.18 bits per heavy atom. The highest BCUT2D eigenvalue weighted by molar-refractivity contribution is 5.80. The molecule has 3 aromatic rings. The van der Waals surface area contributed by atoms with Crippen molar-refractivity contribution in [3.63, 3.8) is 0 Å². The van der Waals surface area contributed by atoms with E-state index in [9.17, 15) is 0 Å². The van der Waals surface area contributed by atoms with Gasteiger partial charge in [-0.2, -0.15) is 0 Å². The minimum atomic E-state index is -0.0230. The van der Waals surface area contributed by atoms with E-state index in [-0.39, 0.29) is 6.04 Å². The van der Waals surface area contributed by atoms with Crippen molar-refractivity contribution in [3.8, 4) is 11.5 Å². The molecule has 1 unspecified atom stereocenters. The molecular formula is C20H26N6O2. The molecule has 1 atom stereocenters. The lowest BCUT2D eigenvalue weighted by Crippen LogP contribution is -2.39. The predicted molar refractivity (Wildman–Crippen MR) is 109 cm³/mol. The van der Waals surface area contributed by atoms with Gasteiger partial charge in [-0.1, -0.05) is 6.07 Å². The van der Waals surface area contributed by atoms with Gasteiger partial charge in [-0.25, -0.2) is 0 Å². The molecule has 2 aromatic heterocycles. The van der Waals surface area contributed by atoms with Crippen molar-refractivity contribution in [2.45, 2.75) is 19.4 Å². The van der Waals surface area contributed by atoms with E-state index < -0.39 is 0 Å². The van der Waals surface area contributed by atoms with Crippen molar-refractivity contribution in [2.24, 2.45) is 4.99 Å². The summed E-state index contributed by atoms with van der Waals surface area (Å²) < 4.78 is 12.8. The van der Waals surface area contributed by atoms with Gasteiger partial charge in [-0.05, 0) is 37.3 Å². The van der Waals surface area contributed by atoms with Gasteiger partial charge in [-0.3, -0.25) is 9.39 Å². The molecule has 0 saturated carbocycles. The van der Waals surface area contributed by atoms with Crippen LogP contribution in [0.3, 0.4) is 0 Å². The smallest absolute Gasteiger partial charge is 0.191 e. The van der Waals surface area contributed by atoms with Crippen LogP contribution in [0.15, 0.2) is 47.6 Å². The molecule has 28 heavy (non-hydrogen) atoms. The highest BCUT2D eigenvalue weighted by atomic mass is 16.5. The average molecular weight is 382 g/mol. The van der Waals surface area contributed by atoms with Crippen LogP contribution in [0.25, 0.3) is 5.65 Å². The van der Waals surface area contributed by atoms with Gasteiger partial charge in [0.2, 0.25) is 0 Å². The number of pyridine rings is 1.